The number of esters is 1. The molecule has 0 aliphatic heterocycles. The van der Waals surface area contributed by atoms with E-state index in [1.807, 2.05) is 0 Å². The maximum absolute atomic E-state index is 12.4. The van der Waals surface area contributed by atoms with Gasteiger partial charge in [-0.25, -0.2) is 0 Å². The Morgan fingerprint density at radius 3 is 2.34 bits per heavy atom. The van der Waals surface area contributed by atoms with Crippen LogP contribution in [0.3, 0.4) is 0 Å². The van der Waals surface area contributed by atoms with Crippen LogP contribution in [0.5, 0.6) is 0 Å². The van der Waals surface area contributed by atoms with Gasteiger partial charge in [0.15, 0.2) is 0 Å². The first-order valence-electron chi connectivity index (χ1n) is 14.8. The zero-order valence-electron chi connectivity index (χ0n) is 24.3. The molecular formula is C32H54O3. The van der Waals surface area contributed by atoms with Crippen LogP contribution >= 0.6 is 0 Å². The van der Waals surface area contributed by atoms with Crippen molar-refractivity contribution in [3.8, 4) is 0 Å². The van der Waals surface area contributed by atoms with Crippen LogP contribution in [-0.4, -0.2) is 23.3 Å². The zero-order chi connectivity index (χ0) is 26.0. The van der Waals surface area contributed by atoms with E-state index in [1.165, 1.54) is 44.9 Å². The van der Waals surface area contributed by atoms with Crippen molar-refractivity contribution in [2.45, 2.75) is 139 Å². The maximum atomic E-state index is 12.4. The minimum absolute atomic E-state index is 0.0459. The van der Waals surface area contributed by atoms with Gasteiger partial charge in [0.25, 0.3) is 0 Å². The van der Waals surface area contributed by atoms with Crippen LogP contribution in [0.2, 0.25) is 0 Å². The van der Waals surface area contributed by atoms with E-state index < -0.39 is 0 Å². The Morgan fingerprint density at radius 2 is 1.71 bits per heavy atom. The lowest BCUT2D eigenvalue weighted by atomic mass is 9.35. The lowest BCUT2D eigenvalue weighted by Crippen LogP contribution is -2.66. The molecule has 3 nitrogen and oxygen atoms in total. The van der Waals surface area contributed by atoms with Crippen LogP contribution in [0.4, 0.5) is 0 Å². The second-order valence-corrected chi connectivity index (χ2v) is 14.8. The highest BCUT2D eigenvalue weighted by atomic mass is 16.5. The van der Waals surface area contributed by atoms with Crippen LogP contribution in [0.15, 0.2) is 11.1 Å². The van der Waals surface area contributed by atoms with E-state index in [-0.39, 0.29) is 39.8 Å². The topological polar surface area (TPSA) is 46.5 Å². The molecule has 3 saturated carbocycles. The predicted molar refractivity (Wildman–Crippen MR) is 144 cm³/mol. The first kappa shape index (κ1) is 27.2. The fourth-order valence-corrected chi connectivity index (χ4v) is 10.2. The number of hydrogen-bond donors (Lipinski definition) is 1. The number of allylic oxidation sites excluding steroid dienone is 1. The van der Waals surface area contributed by atoms with Gasteiger partial charge in [0, 0.05) is 19.3 Å². The molecule has 1 N–H and O–H groups in total. The molecule has 0 heterocycles. The predicted octanol–water partition coefficient (Wildman–Crippen LogP) is 8.10. The Morgan fingerprint density at radius 1 is 1.03 bits per heavy atom. The Kier molecular flexibility index (Phi) is 7.13. The van der Waals surface area contributed by atoms with E-state index in [1.54, 1.807) is 18.1 Å². The third kappa shape index (κ3) is 4.15. The molecule has 0 saturated heterocycles. The highest BCUT2D eigenvalue weighted by molar-refractivity contribution is 5.66. The molecule has 0 aromatic carbocycles. The van der Waals surface area contributed by atoms with Crippen molar-refractivity contribution in [2.75, 3.05) is 0 Å². The molecule has 0 aromatic rings. The molecular weight excluding hydrogens is 432 g/mol. The number of aliphatic hydroxyl groups excluding tert-OH is 1. The van der Waals surface area contributed by atoms with Crippen molar-refractivity contribution in [2.24, 2.45) is 45.3 Å². The van der Waals surface area contributed by atoms with Gasteiger partial charge in [-0.1, -0.05) is 79.4 Å². The SMILES string of the molecule is CC(=O)O[C@@H]1CC2=C([C@H](C)CCCC(C)C)CC[C@]2(C)[C@@]2(C)CC[C@H]3C(C)(C)[C@@H](O)CC[C@]3(C)[C@H]12. The summed E-state index contributed by atoms with van der Waals surface area (Å²) >= 11 is 0. The van der Waals surface area contributed by atoms with E-state index in [9.17, 15) is 9.90 Å². The van der Waals surface area contributed by atoms with Crippen LogP contribution in [-0.2, 0) is 9.53 Å². The molecule has 0 radical (unpaired) electrons. The number of rotatable bonds is 6. The standard InChI is InChI=1S/C32H54O3/c1-20(2)11-10-12-21(3)23-13-17-31(8)24(23)19-25(35-22(4)33)28-30(7)16-15-27(34)29(5,6)26(30)14-18-32(28,31)9/h20-21,25-28,34H,10-19H2,1-9H3/t21-,25-,26+,27+,28+,30+,31+,32+/m1/s1. The number of aliphatic hydroxyl groups is 1. The molecule has 4 aliphatic rings. The summed E-state index contributed by atoms with van der Waals surface area (Å²) in [5.74, 6) is 2.06. The van der Waals surface area contributed by atoms with Gasteiger partial charge in [0.2, 0.25) is 0 Å². The lowest BCUT2D eigenvalue weighted by Gasteiger charge is -2.70. The summed E-state index contributed by atoms with van der Waals surface area (Å²) in [6.07, 6.45) is 11.2. The summed E-state index contributed by atoms with van der Waals surface area (Å²) in [6, 6.07) is 0. The van der Waals surface area contributed by atoms with E-state index in [4.69, 9.17) is 4.74 Å². The van der Waals surface area contributed by atoms with E-state index in [0.29, 0.717) is 17.8 Å². The number of ether oxygens (including phenoxy) is 1. The van der Waals surface area contributed by atoms with Crippen LogP contribution in [0.1, 0.15) is 127 Å². The molecule has 0 amide bonds. The van der Waals surface area contributed by atoms with Gasteiger partial charge in [0.1, 0.15) is 6.10 Å². The number of hydrogen-bond acceptors (Lipinski definition) is 3. The third-order valence-electron chi connectivity index (χ3n) is 12.2. The second kappa shape index (κ2) is 9.17. The summed E-state index contributed by atoms with van der Waals surface area (Å²) in [5, 5.41) is 11.0. The Balaban J connectivity index is 1.75. The minimum Gasteiger partial charge on any atom is -0.462 e. The van der Waals surface area contributed by atoms with Gasteiger partial charge < -0.3 is 9.84 Å². The molecule has 0 spiro atoms. The maximum Gasteiger partial charge on any atom is 0.302 e. The van der Waals surface area contributed by atoms with Gasteiger partial charge >= 0.3 is 5.97 Å². The number of carbonyl (C=O) groups excluding carboxylic acids is 1. The first-order chi connectivity index (χ1) is 16.2. The van der Waals surface area contributed by atoms with E-state index in [2.05, 4.69) is 55.4 Å². The largest absolute Gasteiger partial charge is 0.462 e. The second-order valence-electron chi connectivity index (χ2n) is 14.8. The summed E-state index contributed by atoms with van der Waals surface area (Å²) in [5.41, 5.74) is 3.62. The van der Waals surface area contributed by atoms with Crippen molar-refractivity contribution < 1.29 is 14.6 Å². The average molecular weight is 487 g/mol. The van der Waals surface area contributed by atoms with Crippen LogP contribution in [0, 0.1) is 45.3 Å². The van der Waals surface area contributed by atoms with Gasteiger partial charge in [0.05, 0.1) is 6.10 Å². The molecule has 3 heteroatoms. The molecule has 200 valence electrons. The van der Waals surface area contributed by atoms with Crippen LogP contribution < -0.4 is 0 Å². The normalized spacial score (nSPS) is 43.4. The Hall–Kier alpha value is -0.830. The van der Waals surface area contributed by atoms with Gasteiger partial charge in [-0.05, 0) is 84.4 Å². The average Bonchev–Trinajstić information content (AvgIpc) is 3.08. The van der Waals surface area contributed by atoms with E-state index in [0.717, 1.165) is 25.2 Å². The molecule has 0 bridgehead atoms. The fourth-order valence-electron chi connectivity index (χ4n) is 10.2. The Labute approximate surface area is 215 Å². The molecule has 35 heavy (non-hydrogen) atoms. The number of fused-ring (bicyclic) bond motifs is 5. The molecule has 3 fully saturated rings. The van der Waals surface area contributed by atoms with Crippen molar-refractivity contribution in [1.82, 2.24) is 0 Å². The summed E-state index contributed by atoms with van der Waals surface area (Å²) < 4.78 is 6.29. The van der Waals surface area contributed by atoms with Gasteiger partial charge in [-0.15, -0.1) is 0 Å². The zero-order valence-corrected chi connectivity index (χ0v) is 24.3. The highest BCUT2D eigenvalue weighted by Gasteiger charge is 2.69. The quantitative estimate of drug-likeness (QED) is 0.305. The monoisotopic (exact) mass is 486 g/mol. The minimum atomic E-state index is -0.239. The highest BCUT2D eigenvalue weighted by Crippen LogP contribution is 2.74. The lowest BCUT2D eigenvalue weighted by molar-refractivity contribution is -0.233. The smallest absolute Gasteiger partial charge is 0.302 e. The summed E-state index contributed by atoms with van der Waals surface area (Å²) in [6.45, 7) is 20.9. The summed E-state index contributed by atoms with van der Waals surface area (Å²) in [7, 11) is 0. The molecule has 4 aliphatic carbocycles. The molecule has 0 aromatic heterocycles. The first-order valence-corrected chi connectivity index (χ1v) is 14.8. The van der Waals surface area contributed by atoms with Crippen molar-refractivity contribution in [3.63, 3.8) is 0 Å². The molecule has 8 atom stereocenters. The van der Waals surface area contributed by atoms with Crippen LogP contribution in [0.25, 0.3) is 0 Å². The third-order valence-corrected chi connectivity index (χ3v) is 12.2. The van der Waals surface area contributed by atoms with Crippen molar-refractivity contribution in [3.05, 3.63) is 11.1 Å². The van der Waals surface area contributed by atoms with E-state index >= 15 is 0 Å². The summed E-state index contributed by atoms with van der Waals surface area (Å²) in [4.78, 5) is 12.4. The molecule has 0 unspecified atom stereocenters. The van der Waals surface area contributed by atoms with Gasteiger partial charge in [-0.2, -0.15) is 0 Å². The number of carbonyl (C=O) groups is 1. The molecule has 4 rings (SSSR count). The fraction of sp³-hybridized carbons (Fsp3) is 0.906. The van der Waals surface area contributed by atoms with Crippen molar-refractivity contribution >= 4 is 5.97 Å². The Bertz CT molecular complexity index is 855. The van der Waals surface area contributed by atoms with Gasteiger partial charge in [-0.3, -0.25) is 4.79 Å². The van der Waals surface area contributed by atoms with Crippen molar-refractivity contribution in [1.29, 1.82) is 0 Å².